The molecular formula is C34H60O20. The lowest BCUT2D eigenvalue weighted by molar-refractivity contribution is -0.173. The van der Waals surface area contributed by atoms with Gasteiger partial charge in [0.15, 0.2) is 0 Å². The van der Waals surface area contributed by atoms with Gasteiger partial charge in [0.05, 0.1) is 169 Å². The molecule has 4 unspecified atom stereocenters. The molecule has 0 saturated heterocycles. The molecule has 54 heavy (non-hydrogen) atoms. The van der Waals surface area contributed by atoms with E-state index in [-0.39, 0.29) is 85.7 Å². The van der Waals surface area contributed by atoms with Gasteiger partial charge in [-0.2, -0.15) is 0 Å². The number of aliphatic carboxylic acids is 2. The highest BCUT2D eigenvalue weighted by Crippen LogP contribution is 2.40. The summed E-state index contributed by atoms with van der Waals surface area (Å²) in [5.41, 5.74) is 0. The fourth-order valence-corrected chi connectivity index (χ4v) is 4.98. The van der Waals surface area contributed by atoms with E-state index in [0.29, 0.717) is 79.3 Å². The minimum Gasteiger partial charge on any atom is -0.481 e. The number of carboxylic acid groups (broad SMARTS) is 2. The van der Waals surface area contributed by atoms with Crippen LogP contribution in [-0.2, 0) is 76.0 Å². The van der Waals surface area contributed by atoms with E-state index in [0.717, 1.165) is 0 Å². The number of carboxylic acids is 2. The summed E-state index contributed by atoms with van der Waals surface area (Å²) in [5.74, 6) is -9.70. The zero-order valence-electron chi connectivity index (χ0n) is 31.0. The number of esters is 2. The Labute approximate surface area is 315 Å². The lowest BCUT2D eigenvalue weighted by Crippen LogP contribution is -2.46. The zero-order chi connectivity index (χ0) is 39.5. The Hall–Kier alpha value is -2.60. The first-order valence-electron chi connectivity index (χ1n) is 18.1. The molecule has 1 aliphatic rings. The second-order valence-corrected chi connectivity index (χ2v) is 11.5. The summed E-state index contributed by atoms with van der Waals surface area (Å²) in [7, 11) is 0. The third kappa shape index (κ3) is 25.5. The van der Waals surface area contributed by atoms with Gasteiger partial charge in [-0.1, -0.05) is 0 Å². The maximum Gasteiger partial charge on any atom is 0.309 e. The summed E-state index contributed by atoms with van der Waals surface area (Å²) in [6.07, 6.45) is -0.810. The van der Waals surface area contributed by atoms with Gasteiger partial charge >= 0.3 is 23.9 Å². The first kappa shape index (κ1) is 49.4. The van der Waals surface area contributed by atoms with Crippen molar-refractivity contribution in [1.29, 1.82) is 0 Å². The van der Waals surface area contributed by atoms with E-state index >= 15 is 0 Å². The van der Waals surface area contributed by atoms with Crippen LogP contribution in [0.5, 0.6) is 0 Å². The Bertz CT molecular complexity index is 882. The Balaban J connectivity index is 2.22. The SMILES string of the molecule is O=C(O)C1CC(C(=O)O)C(C(=O)OCCOCCOCCOCCOCCOCCO)CC1C(=O)OCCOCCOCCOCCOCCOCCO. The van der Waals surface area contributed by atoms with Crippen molar-refractivity contribution >= 4 is 23.9 Å². The van der Waals surface area contributed by atoms with Gasteiger partial charge in [0.25, 0.3) is 0 Å². The fraction of sp³-hybridized carbons (Fsp3) is 0.882. The number of aliphatic hydroxyl groups is 2. The van der Waals surface area contributed by atoms with Crippen molar-refractivity contribution in [2.45, 2.75) is 12.8 Å². The van der Waals surface area contributed by atoms with Crippen LogP contribution in [-0.4, -0.2) is 203 Å². The van der Waals surface area contributed by atoms with Crippen molar-refractivity contribution < 1.29 is 96.4 Å². The van der Waals surface area contributed by atoms with Gasteiger partial charge in [-0.15, -0.1) is 0 Å². The van der Waals surface area contributed by atoms with Crippen LogP contribution in [0.25, 0.3) is 0 Å². The highest BCUT2D eigenvalue weighted by Gasteiger charge is 2.50. The van der Waals surface area contributed by atoms with Crippen molar-refractivity contribution in [2.24, 2.45) is 23.7 Å². The van der Waals surface area contributed by atoms with Gasteiger partial charge in [0.1, 0.15) is 13.2 Å². The summed E-state index contributed by atoms with van der Waals surface area (Å²) in [6.45, 7) is 5.66. The van der Waals surface area contributed by atoms with E-state index < -0.39 is 54.0 Å². The van der Waals surface area contributed by atoms with Crippen LogP contribution in [0.15, 0.2) is 0 Å². The third-order valence-corrected chi connectivity index (χ3v) is 7.62. The zero-order valence-corrected chi connectivity index (χ0v) is 31.0. The predicted molar refractivity (Wildman–Crippen MR) is 183 cm³/mol. The molecule has 4 N–H and O–H groups in total. The molecule has 1 saturated carbocycles. The molecule has 1 rings (SSSR count). The number of hydrogen-bond donors (Lipinski definition) is 4. The van der Waals surface area contributed by atoms with Crippen LogP contribution in [0.4, 0.5) is 0 Å². The van der Waals surface area contributed by atoms with Crippen molar-refractivity contribution in [3.63, 3.8) is 0 Å². The summed E-state index contributed by atoms with van der Waals surface area (Å²) >= 11 is 0. The van der Waals surface area contributed by atoms with E-state index in [9.17, 15) is 29.4 Å². The molecule has 0 amide bonds. The lowest BCUT2D eigenvalue weighted by atomic mass is 9.68. The number of carbonyl (C=O) groups is 4. The maximum atomic E-state index is 12.9. The number of aliphatic hydroxyl groups excluding tert-OH is 2. The highest BCUT2D eigenvalue weighted by molar-refractivity contribution is 5.86. The number of carbonyl (C=O) groups excluding carboxylic acids is 2. The van der Waals surface area contributed by atoms with Gasteiger partial charge < -0.3 is 77.3 Å². The monoisotopic (exact) mass is 788 g/mol. The number of rotatable bonds is 38. The van der Waals surface area contributed by atoms with Gasteiger partial charge in [-0.25, -0.2) is 0 Å². The second-order valence-electron chi connectivity index (χ2n) is 11.5. The average molecular weight is 789 g/mol. The van der Waals surface area contributed by atoms with E-state index in [1.54, 1.807) is 0 Å². The molecule has 20 heteroatoms. The minimum atomic E-state index is -1.36. The molecule has 316 valence electrons. The first-order chi connectivity index (χ1) is 26.3. The molecule has 4 atom stereocenters. The van der Waals surface area contributed by atoms with Gasteiger partial charge in [0.2, 0.25) is 0 Å². The van der Waals surface area contributed by atoms with Crippen molar-refractivity contribution in [3.8, 4) is 0 Å². The van der Waals surface area contributed by atoms with E-state index in [4.69, 9.17) is 67.1 Å². The van der Waals surface area contributed by atoms with E-state index in [1.807, 2.05) is 0 Å². The smallest absolute Gasteiger partial charge is 0.309 e. The quantitative estimate of drug-likeness (QED) is 0.0416. The lowest BCUT2D eigenvalue weighted by Gasteiger charge is -2.35. The van der Waals surface area contributed by atoms with E-state index in [2.05, 4.69) is 0 Å². The van der Waals surface area contributed by atoms with Crippen molar-refractivity contribution in [2.75, 3.05) is 159 Å². The molecule has 0 aromatic carbocycles. The minimum absolute atomic E-state index is 0.0111. The fourth-order valence-electron chi connectivity index (χ4n) is 4.98. The van der Waals surface area contributed by atoms with E-state index in [1.165, 1.54) is 0 Å². The molecule has 1 fully saturated rings. The molecule has 0 radical (unpaired) electrons. The molecule has 1 aliphatic carbocycles. The Kier molecular flexibility index (Phi) is 31.9. The Morgan fingerprint density at radius 2 is 0.537 bits per heavy atom. The normalized spacial score (nSPS) is 18.4. The summed E-state index contributed by atoms with van der Waals surface area (Å²) in [5, 5.41) is 36.7. The maximum absolute atomic E-state index is 12.9. The van der Waals surface area contributed by atoms with Crippen molar-refractivity contribution in [1.82, 2.24) is 0 Å². The van der Waals surface area contributed by atoms with Crippen LogP contribution in [0.2, 0.25) is 0 Å². The van der Waals surface area contributed by atoms with Crippen LogP contribution in [0, 0.1) is 23.7 Å². The average Bonchev–Trinajstić information content (AvgIpc) is 3.16. The predicted octanol–water partition coefficient (Wildman–Crippen LogP) is -1.35. The van der Waals surface area contributed by atoms with Crippen molar-refractivity contribution in [3.05, 3.63) is 0 Å². The largest absolute Gasteiger partial charge is 0.481 e. The third-order valence-electron chi connectivity index (χ3n) is 7.62. The summed E-state index contributed by atoms with van der Waals surface area (Å²) in [4.78, 5) is 49.7. The topological polar surface area (TPSA) is 260 Å². The Morgan fingerprint density at radius 1 is 0.333 bits per heavy atom. The van der Waals surface area contributed by atoms with Crippen LogP contribution >= 0.6 is 0 Å². The second kappa shape index (κ2) is 34.9. The summed E-state index contributed by atoms with van der Waals surface area (Å²) < 4.78 is 63.5. The molecule has 0 heterocycles. The molecule has 0 spiro atoms. The molecule has 20 nitrogen and oxygen atoms in total. The van der Waals surface area contributed by atoms with Crippen LogP contribution < -0.4 is 0 Å². The standard InChI is InChI=1S/C34H60O20/c35-1-3-43-5-7-45-9-11-47-13-15-49-17-19-51-21-23-53-33(41)29-26-30(28(32(39)40)25-27(29)31(37)38)34(42)54-24-22-52-20-18-50-16-14-48-12-10-46-8-6-44-4-2-36/h27-30,35-36H,1-26H2,(H,37,38)(H,39,40). The van der Waals surface area contributed by atoms with Gasteiger partial charge in [-0.3, -0.25) is 19.2 Å². The molecular weight excluding hydrogens is 728 g/mol. The van der Waals surface area contributed by atoms with Gasteiger partial charge in [-0.05, 0) is 12.8 Å². The first-order valence-corrected chi connectivity index (χ1v) is 18.1. The Morgan fingerprint density at radius 3 is 0.759 bits per heavy atom. The van der Waals surface area contributed by atoms with Crippen LogP contribution in [0.1, 0.15) is 12.8 Å². The molecule has 0 aromatic rings. The van der Waals surface area contributed by atoms with Crippen LogP contribution in [0.3, 0.4) is 0 Å². The molecule has 0 bridgehead atoms. The molecule has 0 aromatic heterocycles. The highest BCUT2D eigenvalue weighted by atomic mass is 16.6. The van der Waals surface area contributed by atoms with Gasteiger partial charge in [0, 0.05) is 0 Å². The number of ether oxygens (including phenoxy) is 12. The number of hydrogen-bond acceptors (Lipinski definition) is 18. The molecule has 0 aliphatic heterocycles. The summed E-state index contributed by atoms with van der Waals surface area (Å²) in [6, 6.07) is 0.